The Labute approximate surface area is 93.7 Å². The Morgan fingerprint density at radius 1 is 1.67 bits per heavy atom. The standard InChI is InChI=1S/C10H12N2O2S/c1-7-8(5-3-4-6-15)9(10(13)14)12(2)11-7/h15H,4,6H2,1-2H3,(H,13,14). The second-order valence-corrected chi connectivity index (χ2v) is 3.46. The summed E-state index contributed by atoms with van der Waals surface area (Å²) in [5.74, 6) is 5.33. The van der Waals surface area contributed by atoms with Gasteiger partial charge in [-0.2, -0.15) is 17.7 Å². The van der Waals surface area contributed by atoms with Crippen LogP contribution in [-0.4, -0.2) is 26.6 Å². The van der Waals surface area contributed by atoms with Gasteiger partial charge in [0.05, 0.1) is 11.3 Å². The number of aryl methyl sites for hydroxylation is 2. The third-order valence-corrected chi connectivity index (χ3v) is 2.10. The molecule has 4 nitrogen and oxygen atoms in total. The third-order valence-electron chi connectivity index (χ3n) is 1.87. The second kappa shape index (κ2) is 4.89. The summed E-state index contributed by atoms with van der Waals surface area (Å²) in [5.41, 5.74) is 1.27. The molecule has 1 aromatic rings. The second-order valence-electron chi connectivity index (χ2n) is 3.01. The van der Waals surface area contributed by atoms with Gasteiger partial charge in [-0.1, -0.05) is 11.8 Å². The lowest BCUT2D eigenvalue weighted by Gasteiger charge is -1.94. The number of hydrogen-bond donors (Lipinski definition) is 2. The van der Waals surface area contributed by atoms with Gasteiger partial charge in [-0.15, -0.1) is 0 Å². The predicted molar refractivity (Wildman–Crippen MR) is 60.3 cm³/mol. The number of hydrogen-bond acceptors (Lipinski definition) is 3. The normalized spacial score (nSPS) is 9.53. The molecular weight excluding hydrogens is 212 g/mol. The molecule has 80 valence electrons. The Hall–Kier alpha value is -1.41. The van der Waals surface area contributed by atoms with Gasteiger partial charge in [0.25, 0.3) is 0 Å². The van der Waals surface area contributed by atoms with Crippen LogP contribution < -0.4 is 0 Å². The van der Waals surface area contributed by atoms with Crippen molar-refractivity contribution < 1.29 is 9.90 Å². The minimum absolute atomic E-state index is 0.138. The van der Waals surface area contributed by atoms with Crippen LogP contribution in [0.25, 0.3) is 0 Å². The van der Waals surface area contributed by atoms with E-state index in [9.17, 15) is 4.79 Å². The molecule has 1 N–H and O–H groups in total. The number of nitrogens with zero attached hydrogens (tertiary/aromatic N) is 2. The lowest BCUT2D eigenvalue weighted by Crippen LogP contribution is -2.06. The van der Waals surface area contributed by atoms with Gasteiger partial charge >= 0.3 is 5.97 Å². The fourth-order valence-corrected chi connectivity index (χ4v) is 1.37. The van der Waals surface area contributed by atoms with Crippen molar-refractivity contribution in [3.05, 3.63) is 17.0 Å². The van der Waals surface area contributed by atoms with E-state index in [2.05, 4.69) is 29.6 Å². The van der Waals surface area contributed by atoms with Crippen molar-refractivity contribution in [1.29, 1.82) is 0 Å². The minimum Gasteiger partial charge on any atom is -0.476 e. The summed E-state index contributed by atoms with van der Waals surface area (Å²) in [4.78, 5) is 10.9. The molecule has 0 saturated heterocycles. The first-order chi connectivity index (χ1) is 7.07. The number of rotatable bonds is 2. The third kappa shape index (κ3) is 2.54. The van der Waals surface area contributed by atoms with E-state index in [-0.39, 0.29) is 5.69 Å². The van der Waals surface area contributed by atoms with Gasteiger partial charge in [-0.05, 0) is 6.92 Å². The number of aromatic carboxylic acids is 1. The van der Waals surface area contributed by atoms with E-state index in [0.717, 1.165) is 0 Å². The maximum atomic E-state index is 10.9. The van der Waals surface area contributed by atoms with E-state index in [1.165, 1.54) is 4.68 Å². The SMILES string of the molecule is Cc1nn(C)c(C(=O)O)c1C#CCCS. The van der Waals surface area contributed by atoms with E-state index < -0.39 is 5.97 Å². The molecule has 5 heteroatoms. The highest BCUT2D eigenvalue weighted by Crippen LogP contribution is 2.11. The van der Waals surface area contributed by atoms with Gasteiger partial charge in [-0.25, -0.2) is 4.79 Å². The summed E-state index contributed by atoms with van der Waals surface area (Å²) < 4.78 is 1.34. The summed E-state index contributed by atoms with van der Waals surface area (Å²) in [7, 11) is 1.60. The summed E-state index contributed by atoms with van der Waals surface area (Å²) in [5, 5.41) is 13.0. The van der Waals surface area contributed by atoms with E-state index >= 15 is 0 Å². The molecule has 0 spiro atoms. The predicted octanol–water partition coefficient (Wildman–Crippen LogP) is 1.10. The molecule has 0 unspecified atom stereocenters. The molecule has 0 aliphatic heterocycles. The molecule has 1 aromatic heterocycles. The summed E-state index contributed by atoms with van der Waals surface area (Å²) in [6, 6.07) is 0. The van der Waals surface area contributed by atoms with Gasteiger partial charge in [-0.3, -0.25) is 4.68 Å². The van der Waals surface area contributed by atoms with E-state index in [4.69, 9.17) is 5.11 Å². The zero-order valence-electron chi connectivity index (χ0n) is 8.61. The number of aromatic nitrogens is 2. The average molecular weight is 224 g/mol. The molecule has 0 atom stereocenters. The molecule has 0 bridgehead atoms. The molecule has 0 radical (unpaired) electrons. The van der Waals surface area contributed by atoms with Crippen LogP contribution in [0.5, 0.6) is 0 Å². The van der Waals surface area contributed by atoms with E-state index in [0.29, 0.717) is 23.4 Å². The first kappa shape index (κ1) is 11.7. The van der Waals surface area contributed by atoms with Gasteiger partial charge < -0.3 is 5.11 Å². The monoisotopic (exact) mass is 224 g/mol. The van der Waals surface area contributed by atoms with Crippen LogP contribution in [0.15, 0.2) is 0 Å². The number of thiol groups is 1. The average Bonchev–Trinajstić information content (AvgIpc) is 2.42. The molecule has 0 aliphatic rings. The highest BCUT2D eigenvalue weighted by Gasteiger charge is 2.17. The zero-order chi connectivity index (χ0) is 11.4. The molecule has 1 heterocycles. The van der Waals surface area contributed by atoms with Crippen LogP contribution in [0.2, 0.25) is 0 Å². The zero-order valence-corrected chi connectivity index (χ0v) is 9.51. The van der Waals surface area contributed by atoms with Crippen LogP contribution in [0, 0.1) is 18.8 Å². The van der Waals surface area contributed by atoms with Gasteiger partial charge in [0, 0.05) is 19.2 Å². The topological polar surface area (TPSA) is 55.1 Å². The Morgan fingerprint density at radius 2 is 2.33 bits per heavy atom. The van der Waals surface area contributed by atoms with Crippen molar-refractivity contribution in [3.8, 4) is 11.8 Å². The fraction of sp³-hybridized carbons (Fsp3) is 0.400. The van der Waals surface area contributed by atoms with Crippen LogP contribution in [0.3, 0.4) is 0 Å². The Morgan fingerprint density at radius 3 is 2.87 bits per heavy atom. The Bertz CT molecular complexity index is 440. The maximum absolute atomic E-state index is 10.9. The molecular formula is C10H12N2O2S. The molecule has 0 aromatic carbocycles. The van der Waals surface area contributed by atoms with Gasteiger partial charge in [0.1, 0.15) is 0 Å². The number of carboxylic acids is 1. The first-order valence-electron chi connectivity index (χ1n) is 4.44. The summed E-state index contributed by atoms with van der Waals surface area (Å²) in [6.45, 7) is 1.75. The van der Waals surface area contributed by atoms with Crippen molar-refractivity contribution in [2.24, 2.45) is 7.05 Å². The van der Waals surface area contributed by atoms with Crippen LogP contribution in [-0.2, 0) is 7.05 Å². The lowest BCUT2D eigenvalue weighted by atomic mass is 10.2. The maximum Gasteiger partial charge on any atom is 0.355 e. The fourth-order valence-electron chi connectivity index (χ4n) is 1.26. The van der Waals surface area contributed by atoms with E-state index in [1.807, 2.05) is 0 Å². The van der Waals surface area contributed by atoms with Gasteiger partial charge in [0.15, 0.2) is 5.69 Å². The molecule has 0 aliphatic carbocycles. The van der Waals surface area contributed by atoms with Crippen LogP contribution in [0.4, 0.5) is 0 Å². The Balaban J connectivity index is 3.17. The van der Waals surface area contributed by atoms with Gasteiger partial charge in [0.2, 0.25) is 0 Å². The summed E-state index contributed by atoms with van der Waals surface area (Å²) >= 11 is 4.02. The molecule has 1 rings (SSSR count). The lowest BCUT2D eigenvalue weighted by molar-refractivity contribution is 0.0684. The van der Waals surface area contributed by atoms with Crippen LogP contribution >= 0.6 is 12.6 Å². The summed E-state index contributed by atoms with van der Waals surface area (Å²) in [6.07, 6.45) is 0.635. The van der Waals surface area contributed by atoms with Crippen molar-refractivity contribution in [2.75, 3.05) is 5.75 Å². The largest absolute Gasteiger partial charge is 0.476 e. The van der Waals surface area contributed by atoms with Crippen molar-refractivity contribution in [1.82, 2.24) is 9.78 Å². The Kier molecular flexibility index (Phi) is 3.81. The molecule has 0 amide bonds. The highest BCUT2D eigenvalue weighted by molar-refractivity contribution is 7.80. The van der Waals surface area contributed by atoms with Crippen molar-refractivity contribution in [3.63, 3.8) is 0 Å². The van der Waals surface area contributed by atoms with Crippen LogP contribution in [0.1, 0.15) is 28.2 Å². The minimum atomic E-state index is -1.01. The quantitative estimate of drug-likeness (QED) is 0.584. The van der Waals surface area contributed by atoms with E-state index in [1.54, 1.807) is 14.0 Å². The highest BCUT2D eigenvalue weighted by atomic mass is 32.1. The number of carbonyl (C=O) groups is 1. The molecule has 15 heavy (non-hydrogen) atoms. The van der Waals surface area contributed by atoms with Crippen molar-refractivity contribution in [2.45, 2.75) is 13.3 Å². The number of carboxylic acid groups (broad SMARTS) is 1. The molecule has 0 saturated carbocycles. The van der Waals surface area contributed by atoms with Crippen molar-refractivity contribution >= 4 is 18.6 Å². The smallest absolute Gasteiger partial charge is 0.355 e. The molecule has 0 fully saturated rings. The first-order valence-corrected chi connectivity index (χ1v) is 5.07.